The molecule has 0 atom stereocenters. The fourth-order valence-corrected chi connectivity index (χ4v) is 2.06. The van der Waals surface area contributed by atoms with Gasteiger partial charge in [0, 0.05) is 19.0 Å². The van der Waals surface area contributed by atoms with Gasteiger partial charge >= 0.3 is 0 Å². The van der Waals surface area contributed by atoms with Crippen molar-refractivity contribution in [1.29, 1.82) is 0 Å². The minimum Gasteiger partial charge on any atom is -0.353 e. The smallest absolute Gasteiger partial charge is 0.294 e. The highest BCUT2D eigenvalue weighted by molar-refractivity contribution is 5.76. The molecule has 0 aliphatic heterocycles. The summed E-state index contributed by atoms with van der Waals surface area (Å²) in [4.78, 5) is 28.3. The lowest BCUT2D eigenvalue weighted by Crippen LogP contribution is -2.40. The molecule has 0 unspecified atom stereocenters. The van der Waals surface area contributed by atoms with Crippen LogP contribution in [0.15, 0.2) is 0 Å². The van der Waals surface area contributed by atoms with E-state index in [0.29, 0.717) is 19.3 Å². The van der Waals surface area contributed by atoms with Gasteiger partial charge in [0.1, 0.15) is 6.10 Å². The standard InChI is InChI=1S/C11H21N3O4/c1-13(2)8-7-11(15)12-9-3-5-10(6-4-9)18-14(16)17/h9-10H,3-8H2,1-2H3,(H,12,15). The van der Waals surface area contributed by atoms with Crippen LogP contribution in [0.25, 0.3) is 0 Å². The fraction of sp³-hybridized carbons (Fsp3) is 0.909. The van der Waals surface area contributed by atoms with E-state index >= 15 is 0 Å². The number of carbonyl (C=O) groups excluding carboxylic acids is 1. The Balaban J connectivity index is 2.18. The van der Waals surface area contributed by atoms with E-state index in [1.54, 1.807) is 0 Å². The van der Waals surface area contributed by atoms with Gasteiger partial charge < -0.3 is 15.1 Å². The average Bonchev–Trinajstić information content (AvgIpc) is 2.28. The molecule has 0 aromatic rings. The van der Waals surface area contributed by atoms with Crippen LogP contribution in [0.5, 0.6) is 0 Å². The van der Waals surface area contributed by atoms with Crippen LogP contribution >= 0.6 is 0 Å². The molecule has 0 radical (unpaired) electrons. The molecule has 0 spiro atoms. The van der Waals surface area contributed by atoms with E-state index in [2.05, 4.69) is 10.2 Å². The van der Waals surface area contributed by atoms with Crippen molar-refractivity contribution in [2.24, 2.45) is 0 Å². The Morgan fingerprint density at radius 1 is 1.39 bits per heavy atom. The Morgan fingerprint density at radius 3 is 2.50 bits per heavy atom. The summed E-state index contributed by atoms with van der Waals surface area (Å²) in [7, 11) is 3.85. The Kier molecular flexibility index (Phi) is 5.84. The van der Waals surface area contributed by atoms with Crippen LogP contribution in [-0.2, 0) is 9.63 Å². The molecule has 18 heavy (non-hydrogen) atoms. The van der Waals surface area contributed by atoms with Crippen LogP contribution in [0.2, 0.25) is 0 Å². The van der Waals surface area contributed by atoms with Gasteiger partial charge in [-0.3, -0.25) is 4.79 Å². The molecule has 0 aromatic carbocycles. The summed E-state index contributed by atoms with van der Waals surface area (Å²) in [5.41, 5.74) is 0. The van der Waals surface area contributed by atoms with E-state index in [0.717, 1.165) is 19.4 Å². The maximum atomic E-state index is 11.6. The van der Waals surface area contributed by atoms with Crippen LogP contribution in [0.3, 0.4) is 0 Å². The van der Waals surface area contributed by atoms with Crippen LogP contribution in [0.4, 0.5) is 0 Å². The second kappa shape index (κ2) is 7.15. The lowest BCUT2D eigenvalue weighted by molar-refractivity contribution is -0.769. The van der Waals surface area contributed by atoms with Gasteiger partial charge in [-0.05, 0) is 39.8 Å². The lowest BCUT2D eigenvalue weighted by atomic mass is 9.93. The molecule has 104 valence electrons. The van der Waals surface area contributed by atoms with Crippen LogP contribution in [0.1, 0.15) is 32.1 Å². The quantitative estimate of drug-likeness (QED) is 0.557. The van der Waals surface area contributed by atoms with Crippen molar-refractivity contribution >= 4 is 5.91 Å². The third kappa shape index (κ3) is 5.81. The highest BCUT2D eigenvalue weighted by Gasteiger charge is 2.24. The second-order valence-corrected chi connectivity index (χ2v) is 4.92. The highest BCUT2D eigenvalue weighted by atomic mass is 17.0. The first-order valence-electron chi connectivity index (χ1n) is 6.22. The summed E-state index contributed by atoms with van der Waals surface area (Å²) >= 11 is 0. The average molecular weight is 259 g/mol. The molecule has 1 rings (SSSR count). The summed E-state index contributed by atoms with van der Waals surface area (Å²) < 4.78 is 0. The third-order valence-corrected chi connectivity index (χ3v) is 3.06. The number of carbonyl (C=O) groups is 1. The number of rotatable bonds is 6. The van der Waals surface area contributed by atoms with Crippen molar-refractivity contribution in [3.05, 3.63) is 10.1 Å². The minimum atomic E-state index is -0.735. The van der Waals surface area contributed by atoms with Gasteiger partial charge in [-0.25, -0.2) is 0 Å². The van der Waals surface area contributed by atoms with Crippen molar-refractivity contribution < 1.29 is 14.7 Å². The number of hydrogen-bond donors (Lipinski definition) is 1. The number of amides is 1. The van der Waals surface area contributed by atoms with Crippen molar-refractivity contribution in [3.8, 4) is 0 Å². The van der Waals surface area contributed by atoms with Crippen LogP contribution < -0.4 is 5.32 Å². The van der Waals surface area contributed by atoms with E-state index in [9.17, 15) is 14.9 Å². The summed E-state index contributed by atoms with van der Waals surface area (Å²) in [6.07, 6.45) is 2.91. The number of nitrogens with one attached hydrogen (secondary N) is 1. The predicted octanol–water partition coefficient (Wildman–Crippen LogP) is 0.574. The zero-order valence-electron chi connectivity index (χ0n) is 10.9. The molecule has 7 nitrogen and oxygen atoms in total. The molecular formula is C11H21N3O4. The molecule has 1 amide bonds. The maximum Gasteiger partial charge on any atom is 0.294 e. The second-order valence-electron chi connectivity index (χ2n) is 4.92. The first-order chi connectivity index (χ1) is 8.47. The first-order valence-corrected chi connectivity index (χ1v) is 6.22. The number of nitrogens with zero attached hydrogens (tertiary/aromatic N) is 2. The van der Waals surface area contributed by atoms with Crippen molar-refractivity contribution in [3.63, 3.8) is 0 Å². The minimum absolute atomic E-state index is 0.0438. The van der Waals surface area contributed by atoms with Gasteiger partial charge in [-0.1, -0.05) is 0 Å². The molecule has 0 bridgehead atoms. The molecule has 1 fully saturated rings. The summed E-state index contributed by atoms with van der Waals surface area (Å²) in [6, 6.07) is 0.131. The summed E-state index contributed by atoms with van der Waals surface area (Å²) in [5.74, 6) is 0.0438. The van der Waals surface area contributed by atoms with Crippen LogP contribution in [0, 0.1) is 10.1 Å². The lowest BCUT2D eigenvalue weighted by Gasteiger charge is -2.27. The number of hydrogen-bond acceptors (Lipinski definition) is 5. The van der Waals surface area contributed by atoms with E-state index in [4.69, 9.17) is 0 Å². The zero-order chi connectivity index (χ0) is 13.5. The van der Waals surface area contributed by atoms with Gasteiger partial charge in [0.05, 0.1) is 0 Å². The monoisotopic (exact) mass is 259 g/mol. The maximum absolute atomic E-state index is 11.6. The van der Waals surface area contributed by atoms with Crippen molar-refractivity contribution in [2.75, 3.05) is 20.6 Å². The van der Waals surface area contributed by atoms with Crippen molar-refractivity contribution in [1.82, 2.24) is 10.2 Å². The molecular weight excluding hydrogens is 238 g/mol. The van der Waals surface area contributed by atoms with Gasteiger partial charge in [0.2, 0.25) is 5.91 Å². The van der Waals surface area contributed by atoms with Gasteiger partial charge in [0.25, 0.3) is 5.09 Å². The predicted molar refractivity (Wildman–Crippen MR) is 65.4 cm³/mol. The molecule has 1 N–H and O–H groups in total. The van der Waals surface area contributed by atoms with E-state index in [1.165, 1.54) is 0 Å². The Bertz CT molecular complexity index is 288. The molecule has 1 aliphatic rings. The van der Waals surface area contributed by atoms with E-state index < -0.39 is 5.09 Å². The van der Waals surface area contributed by atoms with Crippen LogP contribution in [-0.4, -0.2) is 48.7 Å². The molecule has 7 heteroatoms. The molecule has 0 heterocycles. The SMILES string of the molecule is CN(C)CCC(=O)NC1CCC(O[N+](=O)[O-])CC1. The summed E-state index contributed by atoms with van der Waals surface area (Å²) in [6.45, 7) is 0.728. The van der Waals surface area contributed by atoms with Crippen molar-refractivity contribution in [2.45, 2.75) is 44.2 Å². The Hall–Kier alpha value is -1.37. The molecule has 0 saturated heterocycles. The molecule has 1 saturated carbocycles. The Labute approximate surface area is 107 Å². The Morgan fingerprint density at radius 2 is 2.00 bits per heavy atom. The third-order valence-electron chi connectivity index (χ3n) is 3.06. The fourth-order valence-electron chi connectivity index (χ4n) is 2.06. The van der Waals surface area contributed by atoms with Gasteiger partial charge in [0.15, 0.2) is 0 Å². The van der Waals surface area contributed by atoms with E-state index in [1.807, 2.05) is 19.0 Å². The zero-order valence-corrected chi connectivity index (χ0v) is 10.9. The largest absolute Gasteiger partial charge is 0.353 e. The van der Waals surface area contributed by atoms with Gasteiger partial charge in [-0.15, -0.1) is 10.1 Å². The normalized spacial score (nSPS) is 23.7. The summed E-state index contributed by atoms with van der Waals surface area (Å²) in [5, 5.41) is 12.4. The highest BCUT2D eigenvalue weighted by Crippen LogP contribution is 2.21. The first kappa shape index (κ1) is 14.7. The topological polar surface area (TPSA) is 84.7 Å². The molecule has 1 aliphatic carbocycles. The van der Waals surface area contributed by atoms with E-state index in [-0.39, 0.29) is 18.1 Å². The van der Waals surface area contributed by atoms with Gasteiger partial charge in [-0.2, -0.15) is 0 Å². The molecule has 0 aromatic heterocycles.